The van der Waals surface area contributed by atoms with Crippen molar-refractivity contribution in [1.82, 2.24) is 0 Å². The van der Waals surface area contributed by atoms with Gasteiger partial charge in [0.15, 0.2) is 6.10 Å². The smallest absolute Gasteiger partial charge is 0.345 e. The third-order valence-corrected chi connectivity index (χ3v) is 3.61. The van der Waals surface area contributed by atoms with Crippen LogP contribution in [-0.4, -0.2) is 24.3 Å². The third kappa shape index (κ3) is 4.01. The van der Waals surface area contributed by atoms with Gasteiger partial charge in [-0.3, -0.25) is 0 Å². The normalized spacial score (nSPS) is 11.8. The summed E-state index contributed by atoms with van der Waals surface area (Å²) in [6, 6.07) is 12.8. The topological polar surface area (TPSA) is 55.8 Å². The number of ether oxygens (including phenoxy) is 2. The number of rotatable bonds is 6. The number of benzene rings is 2. The first-order valence-electron chi connectivity index (χ1n) is 7.09. The lowest BCUT2D eigenvalue weighted by atomic mass is 10.0. The van der Waals surface area contributed by atoms with Crippen molar-refractivity contribution in [3.05, 3.63) is 59.2 Å². The molecular formula is C18H20O4. The van der Waals surface area contributed by atoms with Crippen LogP contribution in [0.25, 0.3) is 0 Å². The van der Waals surface area contributed by atoms with E-state index in [0.29, 0.717) is 17.9 Å². The van der Waals surface area contributed by atoms with Crippen LogP contribution in [0.1, 0.15) is 16.7 Å². The van der Waals surface area contributed by atoms with Crippen molar-refractivity contribution in [2.24, 2.45) is 0 Å². The molecule has 4 nitrogen and oxygen atoms in total. The summed E-state index contributed by atoms with van der Waals surface area (Å²) in [4.78, 5) is 11.4. The van der Waals surface area contributed by atoms with Gasteiger partial charge in [0.05, 0.1) is 7.11 Å². The van der Waals surface area contributed by atoms with Crippen LogP contribution in [0.4, 0.5) is 0 Å². The minimum Gasteiger partial charge on any atom is -0.497 e. The molecule has 0 radical (unpaired) electrons. The van der Waals surface area contributed by atoms with E-state index in [-0.39, 0.29) is 0 Å². The maximum atomic E-state index is 11.4. The van der Waals surface area contributed by atoms with Gasteiger partial charge in [-0.15, -0.1) is 0 Å². The fourth-order valence-electron chi connectivity index (χ4n) is 2.14. The zero-order valence-electron chi connectivity index (χ0n) is 13.0. The molecule has 0 saturated heterocycles. The van der Waals surface area contributed by atoms with E-state index in [1.165, 1.54) is 5.56 Å². The molecular weight excluding hydrogens is 280 g/mol. The highest BCUT2D eigenvalue weighted by molar-refractivity contribution is 5.73. The van der Waals surface area contributed by atoms with Crippen LogP contribution in [-0.2, 0) is 11.2 Å². The molecule has 2 aromatic rings. The Bertz CT molecular complexity index is 647. The second kappa shape index (κ2) is 6.98. The van der Waals surface area contributed by atoms with E-state index < -0.39 is 12.1 Å². The van der Waals surface area contributed by atoms with E-state index in [1.54, 1.807) is 31.4 Å². The van der Waals surface area contributed by atoms with Crippen molar-refractivity contribution in [1.29, 1.82) is 0 Å². The van der Waals surface area contributed by atoms with E-state index in [2.05, 4.69) is 0 Å². The summed E-state index contributed by atoms with van der Waals surface area (Å²) in [6.07, 6.45) is -0.599. The Balaban J connectivity index is 2.12. The summed E-state index contributed by atoms with van der Waals surface area (Å²) in [7, 11) is 1.58. The average Bonchev–Trinajstić information content (AvgIpc) is 2.51. The van der Waals surface area contributed by atoms with Crippen molar-refractivity contribution in [3.8, 4) is 11.5 Å². The molecule has 0 spiro atoms. The molecule has 1 N–H and O–H groups in total. The number of carbonyl (C=O) groups is 1. The molecule has 2 aromatic carbocycles. The monoisotopic (exact) mass is 300 g/mol. The summed E-state index contributed by atoms with van der Waals surface area (Å²) in [5.74, 6) is 0.236. The first kappa shape index (κ1) is 15.9. The number of hydrogen-bond acceptors (Lipinski definition) is 3. The molecule has 0 aliphatic carbocycles. The summed E-state index contributed by atoms with van der Waals surface area (Å²) in [5, 5.41) is 9.37. The van der Waals surface area contributed by atoms with Gasteiger partial charge >= 0.3 is 5.97 Å². The molecule has 1 atom stereocenters. The zero-order valence-corrected chi connectivity index (χ0v) is 13.0. The average molecular weight is 300 g/mol. The van der Waals surface area contributed by atoms with Crippen LogP contribution < -0.4 is 9.47 Å². The minimum absolute atomic E-state index is 0.322. The SMILES string of the molecule is COc1ccc(OC(Cc2ccc(C)c(C)c2)C(=O)O)cc1. The standard InChI is InChI=1S/C18H20O4/c1-12-4-5-14(10-13(12)2)11-17(18(19)20)22-16-8-6-15(21-3)7-9-16/h4-10,17H,11H2,1-3H3,(H,19,20). The number of carboxylic acids is 1. The van der Waals surface area contributed by atoms with Crippen LogP contribution in [0.15, 0.2) is 42.5 Å². The minimum atomic E-state index is -0.978. The highest BCUT2D eigenvalue weighted by atomic mass is 16.5. The zero-order chi connectivity index (χ0) is 16.1. The van der Waals surface area contributed by atoms with Crippen molar-refractivity contribution in [3.63, 3.8) is 0 Å². The lowest BCUT2D eigenvalue weighted by Gasteiger charge is -2.16. The summed E-state index contributed by atoms with van der Waals surface area (Å²) in [5.41, 5.74) is 3.28. The van der Waals surface area contributed by atoms with E-state index in [4.69, 9.17) is 9.47 Å². The van der Waals surface area contributed by atoms with Crippen molar-refractivity contribution < 1.29 is 19.4 Å². The van der Waals surface area contributed by atoms with Crippen LogP contribution in [0.2, 0.25) is 0 Å². The number of aryl methyl sites for hydroxylation is 2. The molecule has 0 aromatic heterocycles. The Morgan fingerprint density at radius 1 is 1.05 bits per heavy atom. The van der Waals surface area contributed by atoms with E-state index >= 15 is 0 Å². The number of methoxy groups -OCH3 is 1. The molecule has 22 heavy (non-hydrogen) atoms. The quantitative estimate of drug-likeness (QED) is 0.888. The van der Waals surface area contributed by atoms with Crippen molar-refractivity contribution in [2.45, 2.75) is 26.4 Å². The Labute approximate surface area is 130 Å². The molecule has 0 aliphatic rings. The van der Waals surface area contributed by atoms with Gasteiger partial charge in [0.2, 0.25) is 0 Å². The van der Waals surface area contributed by atoms with Gasteiger partial charge in [-0.1, -0.05) is 18.2 Å². The van der Waals surface area contributed by atoms with Gasteiger partial charge < -0.3 is 14.6 Å². The Morgan fingerprint density at radius 2 is 1.68 bits per heavy atom. The van der Waals surface area contributed by atoms with Crippen LogP contribution in [0.5, 0.6) is 11.5 Å². The highest BCUT2D eigenvalue weighted by Gasteiger charge is 2.20. The largest absolute Gasteiger partial charge is 0.497 e. The van der Waals surface area contributed by atoms with Crippen LogP contribution >= 0.6 is 0 Å². The maximum Gasteiger partial charge on any atom is 0.345 e. The Kier molecular flexibility index (Phi) is 5.04. The molecule has 116 valence electrons. The molecule has 0 fully saturated rings. The fraction of sp³-hybridized carbons (Fsp3) is 0.278. The van der Waals surface area contributed by atoms with Gasteiger partial charge in [0, 0.05) is 6.42 Å². The van der Waals surface area contributed by atoms with E-state index in [9.17, 15) is 9.90 Å². The highest BCUT2D eigenvalue weighted by Crippen LogP contribution is 2.20. The van der Waals surface area contributed by atoms with Gasteiger partial charge in [0.25, 0.3) is 0 Å². The van der Waals surface area contributed by atoms with Crippen molar-refractivity contribution in [2.75, 3.05) is 7.11 Å². The first-order valence-corrected chi connectivity index (χ1v) is 7.09. The lowest BCUT2D eigenvalue weighted by Crippen LogP contribution is -2.29. The Morgan fingerprint density at radius 3 is 2.23 bits per heavy atom. The summed E-state index contributed by atoms with van der Waals surface area (Å²) >= 11 is 0. The first-order chi connectivity index (χ1) is 10.5. The van der Waals surface area contributed by atoms with E-state index in [0.717, 1.165) is 11.1 Å². The molecule has 2 rings (SSSR count). The molecule has 0 bridgehead atoms. The molecule has 0 heterocycles. The molecule has 0 saturated carbocycles. The predicted octanol–water partition coefficient (Wildman–Crippen LogP) is 3.39. The number of hydrogen-bond donors (Lipinski definition) is 1. The molecule has 0 aliphatic heterocycles. The molecule has 1 unspecified atom stereocenters. The lowest BCUT2D eigenvalue weighted by molar-refractivity contribution is -0.145. The second-order valence-corrected chi connectivity index (χ2v) is 5.24. The van der Waals surface area contributed by atoms with Gasteiger partial charge in [-0.2, -0.15) is 0 Å². The van der Waals surface area contributed by atoms with Gasteiger partial charge in [0.1, 0.15) is 11.5 Å². The molecule has 0 amide bonds. The maximum absolute atomic E-state index is 11.4. The van der Waals surface area contributed by atoms with E-state index in [1.807, 2.05) is 32.0 Å². The Hall–Kier alpha value is -2.49. The fourth-order valence-corrected chi connectivity index (χ4v) is 2.14. The molecule has 4 heteroatoms. The van der Waals surface area contributed by atoms with Crippen molar-refractivity contribution >= 4 is 5.97 Å². The number of carboxylic acid groups (broad SMARTS) is 1. The van der Waals surface area contributed by atoms with Crippen LogP contribution in [0.3, 0.4) is 0 Å². The summed E-state index contributed by atoms with van der Waals surface area (Å²) in [6.45, 7) is 4.04. The summed E-state index contributed by atoms with van der Waals surface area (Å²) < 4.78 is 10.7. The van der Waals surface area contributed by atoms with Gasteiger partial charge in [-0.05, 0) is 54.8 Å². The second-order valence-electron chi connectivity index (χ2n) is 5.24. The number of aliphatic carboxylic acids is 1. The predicted molar refractivity (Wildman–Crippen MR) is 84.7 cm³/mol. The van der Waals surface area contributed by atoms with Gasteiger partial charge in [-0.25, -0.2) is 4.79 Å². The third-order valence-electron chi connectivity index (χ3n) is 3.61. The van der Waals surface area contributed by atoms with Crippen LogP contribution in [0, 0.1) is 13.8 Å².